The van der Waals surface area contributed by atoms with Gasteiger partial charge in [0.05, 0.1) is 24.0 Å². The lowest BCUT2D eigenvalue weighted by molar-refractivity contribution is 1.04. The third kappa shape index (κ3) is 2.05. The summed E-state index contributed by atoms with van der Waals surface area (Å²) in [5.74, 6) is 0. The van der Waals surface area contributed by atoms with Gasteiger partial charge in [-0.2, -0.15) is 5.10 Å². The zero-order valence-corrected chi connectivity index (χ0v) is 10.1. The second-order valence-corrected chi connectivity index (χ2v) is 4.32. The molecular weight excluding hydrogens is 224 g/mol. The highest BCUT2D eigenvalue weighted by molar-refractivity contribution is 5.90. The maximum Gasteiger partial charge on any atom is 0.0671 e. The first-order valence-corrected chi connectivity index (χ1v) is 5.90. The van der Waals surface area contributed by atoms with E-state index in [1.807, 2.05) is 43.6 Å². The minimum absolute atomic E-state index is 0.713. The van der Waals surface area contributed by atoms with Crippen LogP contribution >= 0.6 is 0 Å². The van der Waals surface area contributed by atoms with Gasteiger partial charge in [0, 0.05) is 17.3 Å². The Morgan fingerprint density at radius 3 is 2.94 bits per heavy atom. The van der Waals surface area contributed by atoms with Crippen molar-refractivity contribution in [2.24, 2.45) is 0 Å². The Hall–Kier alpha value is -2.36. The van der Waals surface area contributed by atoms with Crippen molar-refractivity contribution in [3.05, 3.63) is 54.0 Å². The second-order valence-electron chi connectivity index (χ2n) is 4.32. The Labute approximate surface area is 105 Å². The third-order valence-electron chi connectivity index (χ3n) is 2.92. The molecule has 2 aromatic heterocycles. The lowest BCUT2D eigenvalue weighted by atomic mass is 10.2. The normalized spacial score (nSPS) is 10.7. The average Bonchev–Trinajstić information content (AvgIpc) is 2.87. The van der Waals surface area contributed by atoms with Gasteiger partial charge in [0.2, 0.25) is 0 Å². The minimum Gasteiger partial charge on any atom is -0.379 e. The number of anilines is 1. The van der Waals surface area contributed by atoms with Gasteiger partial charge in [0.1, 0.15) is 0 Å². The number of hydrogen-bond donors (Lipinski definition) is 2. The first-order valence-electron chi connectivity index (χ1n) is 5.90. The van der Waals surface area contributed by atoms with Crippen LogP contribution in [0, 0.1) is 6.92 Å². The van der Waals surface area contributed by atoms with Crippen LogP contribution in [0.4, 0.5) is 5.69 Å². The van der Waals surface area contributed by atoms with Crippen molar-refractivity contribution in [1.82, 2.24) is 15.2 Å². The fraction of sp³-hybridized carbons (Fsp3) is 0.143. The molecule has 0 saturated carbocycles. The number of H-pyrrole nitrogens is 1. The van der Waals surface area contributed by atoms with E-state index in [4.69, 9.17) is 0 Å². The standard InChI is InChI=1S/C14H14N4/c1-10-5-6-11(15-7-10)8-16-13-3-2-4-14-12(13)9-17-18-14/h2-7,9,16H,8H2,1H3,(H,17,18). The molecule has 0 amide bonds. The molecule has 0 saturated heterocycles. The molecule has 0 unspecified atom stereocenters. The number of nitrogens with one attached hydrogen (secondary N) is 2. The number of fused-ring (bicyclic) bond motifs is 1. The molecule has 1 aromatic carbocycles. The van der Waals surface area contributed by atoms with Gasteiger partial charge in [0.25, 0.3) is 0 Å². The van der Waals surface area contributed by atoms with Gasteiger partial charge >= 0.3 is 0 Å². The number of aromatic amines is 1. The Balaban J connectivity index is 1.80. The predicted octanol–water partition coefficient (Wildman–Crippen LogP) is 2.88. The predicted molar refractivity (Wildman–Crippen MR) is 72.4 cm³/mol. The molecule has 4 nitrogen and oxygen atoms in total. The van der Waals surface area contributed by atoms with Gasteiger partial charge in [-0.15, -0.1) is 0 Å². The summed E-state index contributed by atoms with van der Waals surface area (Å²) >= 11 is 0. The van der Waals surface area contributed by atoms with Gasteiger partial charge < -0.3 is 5.32 Å². The van der Waals surface area contributed by atoms with Gasteiger partial charge in [-0.1, -0.05) is 12.1 Å². The molecule has 0 aliphatic rings. The molecule has 0 aliphatic carbocycles. The Morgan fingerprint density at radius 2 is 2.11 bits per heavy atom. The van der Waals surface area contributed by atoms with Crippen molar-refractivity contribution in [1.29, 1.82) is 0 Å². The van der Waals surface area contributed by atoms with Crippen LogP contribution in [-0.2, 0) is 6.54 Å². The van der Waals surface area contributed by atoms with Crippen LogP contribution < -0.4 is 5.32 Å². The van der Waals surface area contributed by atoms with E-state index in [0.29, 0.717) is 6.54 Å². The topological polar surface area (TPSA) is 53.6 Å². The van der Waals surface area contributed by atoms with Crippen LogP contribution in [0.5, 0.6) is 0 Å². The van der Waals surface area contributed by atoms with Crippen LogP contribution in [-0.4, -0.2) is 15.2 Å². The summed E-state index contributed by atoms with van der Waals surface area (Å²) in [5.41, 5.74) is 4.32. The molecule has 0 radical (unpaired) electrons. The van der Waals surface area contributed by atoms with Gasteiger partial charge in [-0.3, -0.25) is 10.1 Å². The Bertz CT molecular complexity index is 655. The van der Waals surface area contributed by atoms with E-state index < -0.39 is 0 Å². The summed E-state index contributed by atoms with van der Waals surface area (Å²) in [7, 11) is 0. The number of pyridine rings is 1. The zero-order chi connectivity index (χ0) is 12.4. The first-order chi connectivity index (χ1) is 8.83. The summed E-state index contributed by atoms with van der Waals surface area (Å²) in [6, 6.07) is 10.2. The maximum atomic E-state index is 4.38. The highest BCUT2D eigenvalue weighted by Gasteiger charge is 2.02. The van der Waals surface area contributed by atoms with E-state index in [1.54, 1.807) is 0 Å². The number of aryl methyl sites for hydroxylation is 1. The molecule has 0 spiro atoms. The summed E-state index contributed by atoms with van der Waals surface area (Å²) in [4.78, 5) is 4.38. The zero-order valence-electron chi connectivity index (χ0n) is 10.1. The third-order valence-corrected chi connectivity index (χ3v) is 2.92. The molecule has 2 heterocycles. The maximum absolute atomic E-state index is 4.38. The van der Waals surface area contributed by atoms with Crippen LogP contribution in [0.25, 0.3) is 10.9 Å². The van der Waals surface area contributed by atoms with Gasteiger partial charge in [-0.05, 0) is 30.7 Å². The van der Waals surface area contributed by atoms with Gasteiger partial charge in [0.15, 0.2) is 0 Å². The van der Waals surface area contributed by atoms with Crippen molar-refractivity contribution in [3.8, 4) is 0 Å². The summed E-state index contributed by atoms with van der Waals surface area (Å²) < 4.78 is 0. The first kappa shape index (κ1) is 10.8. The molecular formula is C14H14N4. The van der Waals surface area contributed by atoms with Gasteiger partial charge in [-0.25, -0.2) is 0 Å². The van der Waals surface area contributed by atoms with Crippen LogP contribution in [0.3, 0.4) is 0 Å². The minimum atomic E-state index is 0.713. The molecule has 0 aliphatic heterocycles. The SMILES string of the molecule is Cc1ccc(CNc2cccc3[nH]ncc23)nc1. The number of rotatable bonds is 3. The molecule has 0 atom stereocenters. The number of hydrogen-bond acceptors (Lipinski definition) is 3. The fourth-order valence-corrected chi connectivity index (χ4v) is 1.91. The van der Waals surface area contributed by atoms with E-state index in [0.717, 1.165) is 22.3 Å². The van der Waals surface area contributed by atoms with E-state index in [-0.39, 0.29) is 0 Å². The Morgan fingerprint density at radius 1 is 1.17 bits per heavy atom. The molecule has 2 N–H and O–H groups in total. The second kappa shape index (κ2) is 4.49. The van der Waals surface area contributed by atoms with Crippen LogP contribution in [0.1, 0.15) is 11.3 Å². The smallest absolute Gasteiger partial charge is 0.0671 e. The molecule has 18 heavy (non-hydrogen) atoms. The molecule has 3 rings (SSSR count). The monoisotopic (exact) mass is 238 g/mol. The van der Waals surface area contributed by atoms with Crippen molar-refractivity contribution in [3.63, 3.8) is 0 Å². The summed E-state index contributed by atoms with van der Waals surface area (Å²) in [5, 5.41) is 11.5. The van der Waals surface area contributed by atoms with Crippen LogP contribution in [0.15, 0.2) is 42.7 Å². The van der Waals surface area contributed by atoms with Crippen molar-refractivity contribution < 1.29 is 0 Å². The number of nitrogens with zero attached hydrogens (tertiary/aromatic N) is 2. The quantitative estimate of drug-likeness (QED) is 0.737. The average molecular weight is 238 g/mol. The molecule has 90 valence electrons. The van der Waals surface area contributed by atoms with E-state index in [9.17, 15) is 0 Å². The lowest BCUT2D eigenvalue weighted by Crippen LogP contribution is -2.01. The fourth-order valence-electron chi connectivity index (χ4n) is 1.91. The highest BCUT2D eigenvalue weighted by Crippen LogP contribution is 2.21. The molecule has 3 aromatic rings. The Kier molecular flexibility index (Phi) is 2.68. The van der Waals surface area contributed by atoms with E-state index in [1.165, 1.54) is 5.56 Å². The molecule has 0 bridgehead atoms. The summed E-state index contributed by atoms with van der Waals surface area (Å²) in [6.07, 6.45) is 3.72. The summed E-state index contributed by atoms with van der Waals surface area (Å²) in [6.45, 7) is 2.75. The molecule has 0 fully saturated rings. The van der Waals surface area contributed by atoms with E-state index in [2.05, 4.69) is 26.6 Å². The van der Waals surface area contributed by atoms with Crippen molar-refractivity contribution in [2.75, 3.05) is 5.32 Å². The number of benzene rings is 1. The molecule has 4 heteroatoms. The largest absolute Gasteiger partial charge is 0.379 e. The number of aromatic nitrogens is 3. The van der Waals surface area contributed by atoms with E-state index >= 15 is 0 Å². The highest BCUT2D eigenvalue weighted by atomic mass is 15.1. The lowest BCUT2D eigenvalue weighted by Gasteiger charge is -2.07. The van der Waals surface area contributed by atoms with Crippen molar-refractivity contribution in [2.45, 2.75) is 13.5 Å². The van der Waals surface area contributed by atoms with Crippen LogP contribution in [0.2, 0.25) is 0 Å². The van der Waals surface area contributed by atoms with Crippen molar-refractivity contribution >= 4 is 16.6 Å².